The van der Waals surface area contributed by atoms with Crippen molar-refractivity contribution in [1.29, 1.82) is 0 Å². The Hall–Kier alpha value is -1.10. The number of amides is 1. The minimum Gasteiger partial charge on any atom is -0.323 e. The summed E-state index contributed by atoms with van der Waals surface area (Å²) >= 11 is 11.4. The van der Waals surface area contributed by atoms with Crippen LogP contribution in [0.2, 0.25) is 10.0 Å². The molecule has 1 amide bonds. The van der Waals surface area contributed by atoms with Crippen LogP contribution in [0.4, 0.5) is 5.69 Å². The number of rotatable bonds is 13. The minimum atomic E-state index is -1.05. The van der Waals surface area contributed by atoms with E-state index in [9.17, 15) is 14.9 Å². The van der Waals surface area contributed by atoms with Gasteiger partial charge in [-0.1, -0.05) is 63.2 Å². The van der Waals surface area contributed by atoms with Crippen LogP contribution in [0.5, 0.6) is 0 Å². The summed E-state index contributed by atoms with van der Waals surface area (Å²) in [5.74, 6) is -0.680. The molecule has 9 heteroatoms. The van der Waals surface area contributed by atoms with Crippen molar-refractivity contribution < 1.29 is 14.7 Å². The first-order valence-electron chi connectivity index (χ1n) is 10.2. The number of hydrogen-bond acceptors (Lipinski definition) is 4. The summed E-state index contributed by atoms with van der Waals surface area (Å²) in [6.45, 7) is 6.27. The average molecular weight is 468 g/mol. The smallest absolute Gasteiger partial charge is 0.295 e. The van der Waals surface area contributed by atoms with Crippen LogP contribution >= 0.6 is 31.1 Å². The van der Waals surface area contributed by atoms with Crippen molar-refractivity contribution >= 4 is 42.7 Å². The highest BCUT2D eigenvalue weighted by atomic mass is 35.5. The third-order valence-corrected chi connectivity index (χ3v) is 7.89. The molecule has 0 heterocycles. The van der Waals surface area contributed by atoms with Crippen LogP contribution in [0.15, 0.2) is 18.2 Å². The fourth-order valence-electron chi connectivity index (χ4n) is 2.54. The highest BCUT2D eigenvalue weighted by Gasteiger charge is 2.13. The van der Waals surface area contributed by atoms with Crippen LogP contribution < -0.4 is 5.32 Å². The van der Waals surface area contributed by atoms with Gasteiger partial charge in [0.25, 0.3) is 5.09 Å². The van der Waals surface area contributed by atoms with Crippen molar-refractivity contribution in [1.82, 2.24) is 0 Å². The maximum atomic E-state index is 11.1. The van der Waals surface area contributed by atoms with Gasteiger partial charge in [0.1, 0.15) is 0 Å². The molecule has 0 atom stereocenters. The van der Waals surface area contributed by atoms with E-state index in [0.29, 0.717) is 10.7 Å². The molecule has 1 aromatic rings. The van der Waals surface area contributed by atoms with Crippen molar-refractivity contribution in [3.05, 3.63) is 38.4 Å². The first-order valence-corrected chi connectivity index (χ1v) is 13.1. The lowest BCUT2D eigenvalue weighted by Crippen LogP contribution is -2.20. The lowest BCUT2D eigenvalue weighted by Gasteiger charge is -2.09. The van der Waals surface area contributed by atoms with Gasteiger partial charge in [-0.05, 0) is 37.5 Å². The molecule has 1 rings (SSSR count). The van der Waals surface area contributed by atoms with E-state index in [1.807, 2.05) is 0 Å². The molecule has 0 aliphatic carbocycles. The Bertz CT molecular complexity index is 587. The van der Waals surface area contributed by atoms with E-state index in [1.54, 1.807) is 18.5 Å². The second-order valence-corrected chi connectivity index (χ2v) is 10.6. The lowest BCUT2D eigenvalue weighted by atomic mass is 10.3. The van der Waals surface area contributed by atoms with Gasteiger partial charge in [0.2, 0.25) is 5.91 Å². The molecule has 1 aromatic carbocycles. The number of benzene rings is 1. The Labute approximate surface area is 185 Å². The summed E-state index contributed by atoms with van der Waals surface area (Å²) < 4.78 is 0. The number of carbonyl (C=O) groups is 1. The average Bonchev–Trinajstić information content (AvgIpc) is 2.68. The number of hydrogen-bond donors (Lipinski definition) is 1. The molecular formula is C20H34Cl2N2O4P+. The zero-order chi connectivity index (χ0) is 22.1. The van der Waals surface area contributed by atoms with E-state index in [0.717, 1.165) is 0 Å². The molecule has 1 N–H and O–H groups in total. The molecule has 0 aliphatic heterocycles. The standard InChI is InChI=1S/C12H27P.C8H6Cl2N2O4/c1-4-7-10-13(11-8-5-2)12-9-6-3;9-5-1-2-7(6(10)3-5)11-8(13)4-16-12(14)15/h4-12H2,1-3H3;1-3H,4H2,(H,11,13)/p+1. The van der Waals surface area contributed by atoms with Gasteiger partial charge in [0.05, 0.1) is 29.2 Å². The maximum Gasteiger partial charge on any atom is 0.295 e. The lowest BCUT2D eigenvalue weighted by molar-refractivity contribution is -0.754. The number of nitrogens with one attached hydrogen (secondary N) is 1. The molecular weight excluding hydrogens is 434 g/mol. The summed E-state index contributed by atoms with van der Waals surface area (Å²) in [5.41, 5.74) is 0.308. The van der Waals surface area contributed by atoms with Gasteiger partial charge >= 0.3 is 0 Å². The Kier molecular flexibility index (Phi) is 17.1. The van der Waals surface area contributed by atoms with E-state index >= 15 is 0 Å². The second-order valence-electron chi connectivity index (χ2n) is 6.73. The monoisotopic (exact) mass is 467 g/mol. The van der Waals surface area contributed by atoms with Crippen LogP contribution in [-0.4, -0.2) is 36.1 Å². The Balaban J connectivity index is 0.000000555. The highest BCUT2D eigenvalue weighted by Crippen LogP contribution is 2.38. The van der Waals surface area contributed by atoms with Gasteiger partial charge in [0.15, 0.2) is 6.61 Å². The number of anilines is 1. The van der Waals surface area contributed by atoms with Gasteiger partial charge in [-0.2, -0.15) is 0 Å². The Morgan fingerprint density at radius 3 is 2.00 bits per heavy atom. The topological polar surface area (TPSA) is 81.5 Å². The summed E-state index contributed by atoms with van der Waals surface area (Å²) in [5, 5.41) is 11.8. The molecule has 0 radical (unpaired) electrons. The number of halogens is 2. The van der Waals surface area contributed by atoms with Gasteiger partial charge in [0, 0.05) is 12.9 Å². The molecule has 0 saturated carbocycles. The fourth-order valence-corrected chi connectivity index (χ4v) is 6.31. The normalized spacial score (nSPS) is 10.3. The SMILES string of the molecule is CCCC[PH+](CCCC)CCCC.O=C(CO[N+](=O)[O-])Nc1ccc(Cl)cc1Cl. The molecule has 0 aromatic heterocycles. The van der Waals surface area contributed by atoms with Crippen LogP contribution in [0.25, 0.3) is 0 Å². The molecule has 0 saturated heterocycles. The van der Waals surface area contributed by atoms with Gasteiger partial charge in [-0.15, -0.1) is 10.1 Å². The van der Waals surface area contributed by atoms with E-state index in [-0.39, 0.29) is 12.9 Å². The summed E-state index contributed by atoms with van der Waals surface area (Å²) in [4.78, 5) is 24.8. The van der Waals surface area contributed by atoms with Crippen LogP contribution in [0.1, 0.15) is 59.3 Å². The fraction of sp³-hybridized carbons (Fsp3) is 0.650. The van der Waals surface area contributed by atoms with Crippen molar-refractivity contribution in [2.24, 2.45) is 0 Å². The zero-order valence-corrected chi connectivity index (χ0v) is 20.2. The van der Waals surface area contributed by atoms with E-state index in [4.69, 9.17) is 23.2 Å². The van der Waals surface area contributed by atoms with Gasteiger partial charge in [-0.3, -0.25) is 4.79 Å². The Morgan fingerprint density at radius 1 is 1.07 bits per heavy atom. The third kappa shape index (κ3) is 15.4. The van der Waals surface area contributed by atoms with E-state index < -0.39 is 17.6 Å². The molecule has 166 valence electrons. The van der Waals surface area contributed by atoms with Gasteiger partial charge < -0.3 is 10.2 Å². The van der Waals surface area contributed by atoms with Crippen LogP contribution in [0.3, 0.4) is 0 Å². The molecule has 29 heavy (non-hydrogen) atoms. The summed E-state index contributed by atoms with van der Waals surface area (Å²) in [7, 11) is 0.0675. The zero-order valence-electron chi connectivity index (χ0n) is 17.6. The number of carbonyl (C=O) groups excluding carboxylic acids is 1. The molecule has 0 spiro atoms. The van der Waals surface area contributed by atoms with Crippen LogP contribution in [-0.2, 0) is 9.63 Å². The number of unbranched alkanes of at least 4 members (excludes halogenated alkanes) is 3. The van der Waals surface area contributed by atoms with Crippen molar-refractivity contribution in [2.75, 3.05) is 30.4 Å². The predicted octanol–water partition coefficient (Wildman–Crippen LogP) is 6.74. The largest absolute Gasteiger partial charge is 0.323 e. The van der Waals surface area contributed by atoms with Gasteiger partial charge in [-0.25, -0.2) is 0 Å². The first-order chi connectivity index (χ1) is 13.8. The first kappa shape index (κ1) is 27.9. The quantitative estimate of drug-likeness (QED) is 0.197. The summed E-state index contributed by atoms with van der Waals surface area (Å²) in [6.07, 6.45) is 13.4. The van der Waals surface area contributed by atoms with Crippen molar-refractivity contribution in [3.63, 3.8) is 0 Å². The molecule has 0 unspecified atom stereocenters. The second kappa shape index (κ2) is 17.7. The highest BCUT2D eigenvalue weighted by molar-refractivity contribution is 7.57. The third-order valence-electron chi connectivity index (χ3n) is 4.16. The van der Waals surface area contributed by atoms with Crippen LogP contribution in [0, 0.1) is 10.1 Å². The summed E-state index contributed by atoms with van der Waals surface area (Å²) in [6, 6.07) is 4.44. The Morgan fingerprint density at radius 2 is 1.59 bits per heavy atom. The van der Waals surface area contributed by atoms with Crippen molar-refractivity contribution in [2.45, 2.75) is 59.3 Å². The predicted molar refractivity (Wildman–Crippen MR) is 126 cm³/mol. The molecule has 0 fully saturated rings. The van der Waals surface area contributed by atoms with E-state index in [2.05, 4.69) is 30.9 Å². The maximum absolute atomic E-state index is 11.1. The number of nitrogens with zero attached hydrogens (tertiary/aromatic N) is 1. The molecule has 0 bridgehead atoms. The molecule has 6 nitrogen and oxygen atoms in total. The minimum absolute atomic E-state index is 0.0675. The van der Waals surface area contributed by atoms with Crippen molar-refractivity contribution in [3.8, 4) is 0 Å². The van der Waals surface area contributed by atoms with E-state index in [1.165, 1.54) is 56.7 Å². The molecule has 0 aliphatic rings.